The van der Waals surface area contributed by atoms with Crippen molar-refractivity contribution in [3.63, 3.8) is 0 Å². The molecule has 1 atom stereocenters. The lowest BCUT2D eigenvalue weighted by Crippen LogP contribution is -2.23. The van der Waals surface area contributed by atoms with E-state index in [2.05, 4.69) is 22.7 Å². The fourth-order valence-corrected chi connectivity index (χ4v) is 6.06. The van der Waals surface area contributed by atoms with Crippen molar-refractivity contribution in [2.24, 2.45) is 0 Å². The first-order valence-corrected chi connectivity index (χ1v) is 16.7. The van der Waals surface area contributed by atoms with Gasteiger partial charge in [0.2, 0.25) is 10.0 Å². The Morgan fingerprint density at radius 2 is 1.76 bits per heavy atom. The molecule has 46 heavy (non-hydrogen) atoms. The predicted octanol–water partition coefficient (Wildman–Crippen LogP) is 5.03. The van der Waals surface area contributed by atoms with Gasteiger partial charge in [0.25, 0.3) is 0 Å². The van der Waals surface area contributed by atoms with Gasteiger partial charge in [-0.2, -0.15) is 0 Å². The van der Waals surface area contributed by atoms with Crippen LogP contribution in [0.5, 0.6) is 5.75 Å². The molecule has 0 saturated heterocycles. The lowest BCUT2D eigenvalue weighted by Gasteiger charge is -2.12. The van der Waals surface area contributed by atoms with Crippen LogP contribution in [0, 0.1) is 11.6 Å². The number of halogens is 2. The second-order valence-electron chi connectivity index (χ2n) is 10.8. The van der Waals surface area contributed by atoms with Crippen LogP contribution in [0.2, 0.25) is 0 Å². The van der Waals surface area contributed by atoms with E-state index in [9.17, 15) is 22.7 Å². The number of hydrogen-bond acceptors (Lipinski definition) is 6. The smallest absolute Gasteiger partial charge is 0.232 e. The summed E-state index contributed by atoms with van der Waals surface area (Å²) in [6, 6.07) is 13.8. The Morgan fingerprint density at radius 3 is 2.41 bits per heavy atom. The maximum Gasteiger partial charge on any atom is 0.232 e. The van der Waals surface area contributed by atoms with Crippen LogP contribution in [0.1, 0.15) is 61.5 Å². The average Bonchev–Trinajstić information content (AvgIpc) is 3.39. The second kappa shape index (κ2) is 15.3. The number of ether oxygens (including phenoxy) is 1. The summed E-state index contributed by atoms with van der Waals surface area (Å²) in [5, 5.41) is 20.8. The zero-order valence-electron chi connectivity index (χ0n) is 25.9. The fraction of sp³-hybridized carbons (Fsp3) is 0.286. The third-order valence-electron chi connectivity index (χ3n) is 7.28. The highest BCUT2D eigenvalue weighted by Gasteiger charge is 2.24. The number of carbonyl (C=O) groups is 1. The average molecular weight is 653 g/mol. The normalized spacial score (nSPS) is 13.8. The van der Waals surface area contributed by atoms with Crippen molar-refractivity contribution >= 4 is 50.1 Å². The van der Waals surface area contributed by atoms with Gasteiger partial charge in [0, 0.05) is 27.0 Å². The summed E-state index contributed by atoms with van der Waals surface area (Å²) in [7, 11) is -3.88. The second-order valence-corrected chi connectivity index (χ2v) is 12.6. The number of sulfonamides is 1. The predicted molar refractivity (Wildman–Crippen MR) is 178 cm³/mol. The van der Waals surface area contributed by atoms with Gasteiger partial charge in [0.05, 0.1) is 23.6 Å². The largest absolute Gasteiger partial charge is 0.491 e. The number of allylic oxidation sites excluding steroid dienone is 2. The number of rotatable bonds is 14. The van der Waals surface area contributed by atoms with E-state index in [1.165, 1.54) is 6.07 Å². The maximum absolute atomic E-state index is 15.5. The molecule has 4 aromatic rings. The Balaban J connectivity index is 1.79. The van der Waals surface area contributed by atoms with Crippen LogP contribution >= 0.6 is 0 Å². The number of aliphatic hydroxyl groups is 2. The fourth-order valence-electron chi connectivity index (χ4n) is 4.93. The minimum absolute atomic E-state index is 0.0307. The molecular formula is C35H38F2N2O6S. The van der Waals surface area contributed by atoms with E-state index in [1.807, 2.05) is 31.2 Å². The van der Waals surface area contributed by atoms with Crippen molar-refractivity contribution in [1.82, 2.24) is 4.98 Å². The molecule has 0 aliphatic carbocycles. The Bertz CT molecular complexity index is 1970. The minimum atomic E-state index is -3.88. The molecular weight excluding hydrogens is 614 g/mol. The third-order valence-corrected chi connectivity index (χ3v) is 8.75. The molecule has 0 saturated carbocycles. The summed E-state index contributed by atoms with van der Waals surface area (Å²) in [6.45, 7) is 5.16. The van der Waals surface area contributed by atoms with Gasteiger partial charge in [-0.15, -0.1) is 0 Å². The number of aromatic nitrogens is 1. The Morgan fingerprint density at radius 1 is 1.04 bits per heavy atom. The molecule has 1 unspecified atom stereocenters. The van der Waals surface area contributed by atoms with Crippen molar-refractivity contribution in [1.29, 1.82) is 0 Å². The molecule has 0 amide bonds. The van der Waals surface area contributed by atoms with Crippen LogP contribution in [0.3, 0.4) is 0 Å². The number of aromatic amines is 1. The zero-order chi connectivity index (χ0) is 33.4. The monoisotopic (exact) mass is 652 g/mol. The van der Waals surface area contributed by atoms with Gasteiger partial charge in [0.15, 0.2) is 11.6 Å². The van der Waals surface area contributed by atoms with Gasteiger partial charge in [-0.25, -0.2) is 17.2 Å². The maximum atomic E-state index is 15.5. The van der Waals surface area contributed by atoms with Crippen molar-refractivity contribution in [2.45, 2.75) is 46.1 Å². The number of carbonyl (C=O) groups excluding carboxylic acids is 1. The molecule has 8 nitrogen and oxygen atoms in total. The highest BCUT2D eigenvalue weighted by atomic mass is 32.2. The van der Waals surface area contributed by atoms with Crippen LogP contribution in [0.25, 0.3) is 28.6 Å². The van der Waals surface area contributed by atoms with Crippen LogP contribution in [0.4, 0.5) is 14.5 Å². The molecule has 0 aliphatic rings. The molecule has 1 aromatic heterocycles. The number of fused-ring (bicyclic) bond motifs is 1. The Kier molecular flexibility index (Phi) is 11.5. The molecule has 11 heteroatoms. The summed E-state index contributed by atoms with van der Waals surface area (Å²) in [5.41, 5.74) is 1.13. The minimum Gasteiger partial charge on any atom is -0.491 e. The van der Waals surface area contributed by atoms with Crippen molar-refractivity contribution < 1.29 is 36.9 Å². The van der Waals surface area contributed by atoms with Crippen LogP contribution in [-0.4, -0.2) is 54.5 Å². The summed E-state index contributed by atoms with van der Waals surface area (Å²) in [4.78, 5) is 17.0. The summed E-state index contributed by atoms with van der Waals surface area (Å²) in [5.74, 6) is -3.03. The van der Waals surface area contributed by atoms with E-state index in [0.29, 0.717) is 23.1 Å². The van der Waals surface area contributed by atoms with E-state index in [-0.39, 0.29) is 17.9 Å². The first kappa shape index (κ1) is 34.6. The van der Waals surface area contributed by atoms with E-state index in [1.54, 1.807) is 31.2 Å². The molecule has 0 bridgehead atoms. The van der Waals surface area contributed by atoms with Crippen molar-refractivity contribution in [2.75, 3.05) is 23.7 Å². The van der Waals surface area contributed by atoms with Gasteiger partial charge in [-0.05, 0) is 79.4 Å². The summed E-state index contributed by atoms with van der Waals surface area (Å²) in [6.07, 6.45) is 6.94. The quantitative estimate of drug-likeness (QED) is 0.142. The highest BCUT2D eigenvalue weighted by Crippen LogP contribution is 2.26. The van der Waals surface area contributed by atoms with E-state index in [4.69, 9.17) is 9.84 Å². The van der Waals surface area contributed by atoms with Gasteiger partial charge in [-0.1, -0.05) is 44.6 Å². The zero-order valence-corrected chi connectivity index (χ0v) is 26.8. The van der Waals surface area contributed by atoms with E-state index >= 15 is 4.39 Å². The Hall–Kier alpha value is -4.32. The summed E-state index contributed by atoms with van der Waals surface area (Å²) >= 11 is 0. The molecule has 4 rings (SSSR count). The lowest BCUT2D eigenvalue weighted by atomic mass is 9.99. The number of benzene rings is 3. The molecule has 4 N–H and O–H groups in total. The lowest BCUT2D eigenvalue weighted by molar-refractivity contribution is 0.0536. The number of aliphatic hydroxyl groups excluding tert-OH is 2. The summed E-state index contributed by atoms with van der Waals surface area (Å²) < 4.78 is 62.5. The van der Waals surface area contributed by atoms with E-state index in [0.717, 1.165) is 46.7 Å². The number of H-pyrrole nitrogens is 1. The molecule has 244 valence electrons. The molecule has 3 aromatic carbocycles. The van der Waals surface area contributed by atoms with Crippen LogP contribution in [-0.2, 0) is 10.0 Å². The standard InChI is InChI=1S/C35H38F2N2O6S/c1-4-7-8-30-27(18-22(6-3)23-9-12-26(13-10-23)45-21-25(41)20-40)28-19-24(11-15-31(28)38-30)35(42)33-29(36)14-16-32(34(33)37)39-46(43,44)17-5-2/h6,8-16,18-19,25,38-41H,4-5,7,17,20-21H2,1-3H3/b22-6+,27-18-,30-8-. The molecule has 0 spiro atoms. The highest BCUT2D eigenvalue weighted by molar-refractivity contribution is 7.92. The SMILES string of the molecule is C\C=C(/C=c1\c(=C\CCC)[nH]c2ccc(C(=O)c3c(F)ccc(NS(=O)(=O)CCC)c3F)cc12)c1ccc(OCC(O)CO)cc1. The molecule has 0 radical (unpaired) electrons. The van der Waals surface area contributed by atoms with Gasteiger partial charge >= 0.3 is 0 Å². The number of unbranched alkanes of at least 4 members (excludes halogenated alkanes) is 1. The number of nitrogens with one attached hydrogen (secondary N) is 2. The van der Waals surface area contributed by atoms with Crippen molar-refractivity contribution in [3.8, 4) is 5.75 Å². The molecule has 0 aliphatic heterocycles. The first-order valence-electron chi connectivity index (χ1n) is 15.1. The molecule has 1 heterocycles. The van der Waals surface area contributed by atoms with Gasteiger partial charge < -0.3 is 19.9 Å². The third kappa shape index (κ3) is 8.09. The number of hydrogen-bond donors (Lipinski definition) is 4. The number of ketones is 1. The van der Waals surface area contributed by atoms with Gasteiger partial charge in [-0.3, -0.25) is 9.52 Å². The van der Waals surface area contributed by atoms with Crippen LogP contribution in [0.15, 0.2) is 60.7 Å². The van der Waals surface area contributed by atoms with Crippen molar-refractivity contribution in [3.05, 3.63) is 99.6 Å². The number of anilines is 1. The van der Waals surface area contributed by atoms with Gasteiger partial charge in [0.1, 0.15) is 24.3 Å². The first-order chi connectivity index (χ1) is 22.0. The molecule has 0 fully saturated rings. The van der Waals surface area contributed by atoms with E-state index < -0.39 is 51.4 Å². The van der Waals surface area contributed by atoms with Crippen LogP contribution < -0.4 is 20.0 Å². The Labute approximate surface area is 266 Å². The topological polar surface area (TPSA) is 129 Å².